The predicted molar refractivity (Wildman–Crippen MR) is 79.3 cm³/mol. The fourth-order valence-electron chi connectivity index (χ4n) is 1.13. The van der Waals surface area contributed by atoms with E-state index in [9.17, 15) is 4.39 Å². The van der Waals surface area contributed by atoms with Crippen LogP contribution in [0.25, 0.3) is 4.85 Å². The van der Waals surface area contributed by atoms with Crippen molar-refractivity contribution in [3.63, 3.8) is 0 Å². The second-order valence-electron chi connectivity index (χ2n) is 4.40. The minimum absolute atomic E-state index is 0.000208. The molecule has 0 unspecified atom stereocenters. The summed E-state index contributed by atoms with van der Waals surface area (Å²) in [6.07, 6.45) is 0. The number of halogens is 2. The molecular formula is C12H15BrFN2OS+. The largest absolute Gasteiger partial charge is 0.390 e. The second kappa shape index (κ2) is 6.41. The molecule has 3 nitrogen and oxygen atoms in total. The van der Waals surface area contributed by atoms with Gasteiger partial charge in [-0.2, -0.15) is 12.6 Å². The van der Waals surface area contributed by atoms with Crippen LogP contribution in [0.2, 0.25) is 0 Å². The molecule has 2 N–H and O–H groups in total. The zero-order valence-corrected chi connectivity index (χ0v) is 12.7. The van der Waals surface area contributed by atoms with E-state index in [4.69, 9.17) is 10.5 Å². The monoisotopic (exact) mass is 333 g/mol. The maximum absolute atomic E-state index is 13.3. The Hall–Kier alpha value is -0.770. The summed E-state index contributed by atoms with van der Waals surface area (Å²) in [5.41, 5.74) is 5.88. The number of nitrogen functional groups attached to an aromatic ring is 1. The van der Waals surface area contributed by atoms with Crippen molar-refractivity contribution in [2.75, 3.05) is 18.9 Å². The summed E-state index contributed by atoms with van der Waals surface area (Å²) in [6, 6.07) is 5.58. The third kappa shape index (κ3) is 5.25. The topological polar surface area (TPSA) is 39.6 Å². The molecule has 0 radical (unpaired) electrons. The number of thiol groups is 1. The summed E-state index contributed by atoms with van der Waals surface area (Å²) in [6.45, 7) is 4.56. The SMILES string of the molecule is CC(C)(S)COCC#[N+]c1cc(Br)cc(F)c1N. The van der Waals surface area contributed by atoms with Gasteiger partial charge in [0.15, 0.2) is 18.1 Å². The number of anilines is 1. The molecule has 1 aromatic carbocycles. The van der Waals surface area contributed by atoms with E-state index in [1.165, 1.54) is 6.07 Å². The lowest BCUT2D eigenvalue weighted by molar-refractivity contribution is 0.150. The first-order valence-corrected chi connectivity index (χ1v) is 6.52. The van der Waals surface area contributed by atoms with E-state index in [1.54, 1.807) is 6.07 Å². The molecule has 0 atom stereocenters. The van der Waals surface area contributed by atoms with Crippen molar-refractivity contribution in [3.8, 4) is 6.07 Å². The van der Waals surface area contributed by atoms with Crippen molar-refractivity contribution in [1.29, 1.82) is 0 Å². The number of ether oxygens (including phenoxy) is 1. The molecule has 0 saturated carbocycles. The zero-order valence-electron chi connectivity index (χ0n) is 10.2. The third-order valence-electron chi connectivity index (χ3n) is 1.89. The maximum Gasteiger partial charge on any atom is 0.367 e. The average Bonchev–Trinajstić information content (AvgIpc) is 2.22. The van der Waals surface area contributed by atoms with Gasteiger partial charge in [-0.05, 0) is 24.8 Å². The Morgan fingerprint density at radius 1 is 1.56 bits per heavy atom. The molecule has 0 saturated heterocycles. The Morgan fingerprint density at radius 2 is 2.22 bits per heavy atom. The van der Waals surface area contributed by atoms with Gasteiger partial charge >= 0.3 is 11.8 Å². The summed E-state index contributed by atoms with van der Waals surface area (Å²) >= 11 is 7.48. The Morgan fingerprint density at radius 3 is 2.83 bits per heavy atom. The molecule has 0 aliphatic carbocycles. The molecular weight excluding hydrogens is 319 g/mol. The van der Waals surface area contributed by atoms with Crippen LogP contribution < -0.4 is 5.73 Å². The van der Waals surface area contributed by atoms with Gasteiger partial charge < -0.3 is 10.5 Å². The van der Waals surface area contributed by atoms with Crippen molar-refractivity contribution < 1.29 is 9.13 Å². The first kappa shape index (κ1) is 15.3. The first-order valence-electron chi connectivity index (χ1n) is 5.28. The lowest BCUT2D eigenvalue weighted by Gasteiger charge is -2.14. The molecule has 0 heterocycles. The number of rotatable bonds is 3. The highest BCUT2D eigenvalue weighted by atomic mass is 79.9. The van der Waals surface area contributed by atoms with Crippen LogP contribution in [0.1, 0.15) is 13.8 Å². The lowest BCUT2D eigenvalue weighted by atomic mass is 10.2. The molecule has 18 heavy (non-hydrogen) atoms. The van der Waals surface area contributed by atoms with E-state index in [2.05, 4.69) is 39.5 Å². The number of hydrogen-bond donors (Lipinski definition) is 2. The summed E-state index contributed by atoms with van der Waals surface area (Å²) in [5.74, 6) is -0.512. The highest BCUT2D eigenvalue weighted by Crippen LogP contribution is 2.29. The van der Waals surface area contributed by atoms with Gasteiger partial charge in [0, 0.05) is 15.3 Å². The predicted octanol–water partition coefficient (Wildman–Crippen LogP) is 3.86. The van der Waals surface area contributed by atoms with Gasteiger partial charge in [-0.15, -0.1) is 0 Å². The summed E-state index contributed by atoms with van der Waals surface area (Å²) in [7, 11) is 0. The quantitative estimate of drug-likeness (QED) is 0.501. The number of nitrogens with zero attached hydrogens (tertiary/aromatic N) is 1. The minimum Gasteiger partial charge on any atom is -0.390 e. The van der Waals surface area contributed by atoms with Crippen molar-refractivity contribution in [2.24, 2.45) is 0 Å². The molecule has 0 bridgehead atoms. The van der Waals surface area contributed by atoms with Crippen molar-refractivity contribution in [1.82, 2.24) is 0 Å². The van der Waals surface area contributed by atoms with E-state index in [1.807, 2.05) is 13.8 Å². The van der Waals surface area contributed by atoms with Crippen LogP contribution in [0.4, 0.5) is 15.8 Å². The molecule has 1 aromatic rings. The van der Waals surface area contributed by atoms with Crippen LogP contribution in [-0.2, 0) is 4.74 Å². The lowest BCUT2D eigenvalue weighted by Crippen LogP contribution is -2.19. The van der Waals surface area contributed by atoms with E-state index >= 15 is 0 Å². The molecule has 0 aliphatic rings. The molecule has 98 valence electrons. The summed E-state index contributed by atoms with van der Waals surface area (Å²) in [4.78, 5) is 3.95. The highest BCUT2D eigenvalue weighted by Gasteiger charge is 2.15. The standard InChI is InChI=1S/C12H14BrFN2OS/c1-12(2,18)7-17-4-3-16-10-6-8(13)5-9(14)11(10)15/h5-6H,4,7,15H2,1-2H3/p+1. The smallest absolute Gasteiger partial charge is 0.367 e. The number of nitrogens with two attached hydrogens (primary N) is 1. The molecule has 0 aromatic heterocycles. The Balaban J connectivity index is 2.64. The molecule has 1 rings (SSSR count). The highest BCUT2D eigenvalue weighted by molar-refractivity contribution is 9.10. The van der Waals surface area contributed by atoms with E-state index in [0.717, 1.165) is 0 Å². The van der Waals surface area contributed by atoms with Gasteiger partial charge in [0.2, 0.25) is 0 Å². The molecule has 0 aliphatic heterocycles. The normalized spacial score (nSPS) is 10.9. The number of benzene rings is 1. The fourth-order valence-corrected chi connectivity index (χ4v) is 1.64. The Kier molecular flexibility index (Phi) is 5.45. The molecule has 6 heteroatoms. The Bertz CT molecular complexity index is 491. The number of hydrogen-bond acceptors (Lipinski definition) is 3. The van der Waals surface area contributed by atoms with Crippen LogP contribution in [0.5, 0.6) is 0 Å². The van der Waals surface area contributed by atoms with Gasteiger partial charge in [-0.1, -0.05) is 15.9 Å². The summed E-state index contributed by atoms with van der Waals surface area (Å²) in [5, 5.41) is 0. The molecule has 0 fully saturated rings. The fraction of sp³-hybridized carbons (Fsp3) is 0.417. The molecule has 0 amide bonds. The van der Waals surface area contributed by atoms with Gasteiger partial charge in [-0.3, -0.25) is 0 Å². The molecule has 0 spiro atoms. The van der Waals surface area contributed by atoms with E-state index in [0.29, 0.717) is 16.8 Å². The average molecular weight is 334 g/mol. The zero-order chi connectivity index (χ0) is 13.8. The van der Waals surface area contributed by atoms with E-state index in [-0.39, 0.29) is 17.0 Å². The van der Waals surface area contributed by atoms with E-state index < -0.39 is 5.82 Å². The van der Waals surface area contributed by atoms with Crippen LogP contribution >= 0.6 is 28.6 Å². The van der Waals surface area contributed by atoms with Crippen molar-refractivity contribution in [3.05, 3.63) is 27.3 Å². The Labute approximate surface area is 120 Å². The van der Waals surface area contributed by atoms with Gasteiger partial charge in [0.05, 0.1) is 6.61 Å². The second-order valence-corrected chi connectivity index (χ2v) is 6.52. The third-order valence-corrected chi connectivity index (χ3v) is 2.48. The summed E-state index contributed by atoms with van der Waals surface area (Å²) < 4.78 is 19.0. The first-order chi connectivity index (χ1) is 8.29. The maximum atomic E-state index is 13.3. The minimum atomic E-state index is -0.512. The van der Waals surface area contributed by atoms with Gasteiger partial charge in [0.25, 0.3) is 0 Å². The van der Waals surface area contributed by atoms with Crippen LogP contribution in [-0.4, -0.2) is 18.0 Å². The van der Waals surface area contributed by atoms with Gasteiger partial charge in [-0.25, -0.2) is 4.39 Å². The van der Waals surface area contributed by atoms with Crippen LogP contribution in [0.15, 0.2) is 16.6 Å². The van der Waals surface area contributed by atoms with Crippen molar-refractivity contribution >= 4 is 39.9 Å². The van der Waals surface area contributed by atoms with Gasteiger partial charge in [0.1, 0.15) is 0 Å². The van der Waals surface area contributed by atoms with Crippen molar-refractivity contribution in [2.45, 2.75) is 18.6 Å². The van der Waals surface area contributed by atoms with Crippen LogP contribution in [0.3, 0.4) is 0 Å². The van der Waals surface area contributed by atoms with Crippen LogP contribution in [0, 0.1) is 11.9 Å².